The van der Waals surface area contributed by atoms with Crippen LogP contribution in [-0.2, 0) is 4.74 Å². The molecule has 0 aromatic carbocycles. The van der Waals surface area contributed by atoms with E-state index < -0.39 is 13.0 Å². The molecule has 0 fully saturated rings. The van der Waals surface area contributed by atoms with Gasteiger partial charge >= 0.3 is 0 Å². The molecule has 0 aromatic heterocycles. The second-order valence-electron chi connectivity index (χ2n) is 5.42. The molecule has 0 radical (unpaired) electrons. The number of hydrogen-bond acceptors (Lipinski definition) is 2. The first-order valence-corrected chi connectivity index (χ1v) is 8.29. The molecule has 2 nitrogen and oxygen atoms in total. The van der Waals surface area contributed by atoms with E-state index in [4.69, 9.17) is 4.74 Å². The topological polar surface area (TPSA) is 21.3 Å². The van der Waals surface area contributed by atoms with Gasteiger partial charge in [-0.25, -0.2) is 8.78 Å². The molecule has 0 bridgehead atoms. The maximum atomic E-state index is 11.9. The SMILES string of the molecule is CCCCCCCCCC(CCOCC(F)F)NCC. The molecule has 0 amide bonds. The van der Waals surface area contributed by atoms with Crippen LogP contribution in [0.4, 0.5) is 8.78 Å². The quantitative estimate of drug-likeness (QED) is 0.439. The van der Waals surface area contributed by atoms with Crippen molar-refractivity contribution in [2.24, 2.45) is 0 Å². The number of unbranched alkanes of at least 4 members (excludes halogenated alkanes) is 6. The number of hydrogen-bond donors (Lipinski definition) is 1. The van der Waals surface area contributed by atoms with Crippen LogP contribution in [0.1, 0.15) is 71.6 Å². The largest absolute Gasteiger partial charge is 0.375 e. The van der Waals surface area contributed by atoms with Crippen LogP contribution in [-0.4, -0.2) is 32.2 Å². The lowest BCUT2D eigenvalue weighted by Gasteiger charge is -2.17. The van der Waals surface area contributed by atoms with E-state index in [0.29, 0.717) is 12.6 Å². The van der Waals surface area contributed by atoms with Gasteiger partial charge in [0.1, 0.15) is 6.61 Å². The van der Waals surface area contributed by atoms with Gasteiger partial charge in [-0.2, -0.15) is 0 Å². The smallest absolute Gasteiger partial charge is 0.261 e. The van der Waals surface area contributed by atoms with Gasteiger partial charge < -0.3 is 10.1 Å². The third-order valence-electron chi connectivity index (χ3n) is 3.50. The molecule has 1 unspecified atom stereocenters. The molecular weight excluding hydrogens is 260 g/mol. The van der Waals surface area contributed by atoms with E-state index in [9.17, 15) is 8.78 Å². The van der Waals surface area contributed by atoms with Gasteiger partial charge in [0.05, 0.1) is 0 Å². The Morgan fingerprint density at radius 2 is 1.55 bits per heavy atom. The molecule has 122 valence electrons. The monoisotopic (exact) mass is 293 g/mol. The number of nitrogens with one attached hydrogen (secondary N) is 1. The van der Waals surface area contributed by atoms with Gasteiger partial charge in [-0.05, 0) is 19.4 Å². The third kappa shape index (κ3) is 14.2. The molecule has 0 aliphatic carbocycles. The molecule has 0 heterocycles. The minimum atomic E-state index is -2.35. The van der Waals surface area contributed by atoms with Crippen molar-refractivity contribution in [2.45, 2.75) is 84.1 Å². The Labute approximate surface area is 123 Å². The fourth-order valence-electron chi connectivity index (χ4n) is 2.38. The van der Waals surface area contributed by atoms with Crippen molar-refractivity contribution in [1.29, 1.82) is 0 Å². The van der Waals surface area contributed by atoms with Crippen LogP contribution in [0.25, 0.3) is 0 Å². The van der Waals surface area contributed by atoms with E-state index >= 15 is 0 Å². The lowest BCUT2D eigenvalue weighted by Crippen LogP contribution is -2.30. The summed E-state index contributed by atoms with van der Waals surface area (Å²) in [7, 11) is 0. The van der Waals surface area contributed by atoms with Gasteiger partial charge in [-0.15, -0.1) is 0 Å². The highest BCUT2D eigenvalue weighted by atomic mass is 19.3. The second-order valence-corrected chi connectivity index (χ2v) is 5.42. The lowest BCUT2D eigenvalue weighted by atomic mass is 10.0. The maximum Gasteiger partial charge on any atom is 0.261 e. The highest BCUT2D eigenvalue weighted by Gasteiger charge is 2.08. The molecule has 20 heavy (non-hydrogen) atoms. The molecule has 0 aromatic rings. The van der Waals surface area contributed by atoms with Crippen molar-refractivity contribution < 1.29 is 13.5 Å². The van der Waals surface area contributed by atoms with E-state index in [1.54, 1.807) is 0 Å². The molecule has 0 aliphatic rings. The summed E-state index contributed by atoms with van der Waals surface area (Å²) in [6, 6.07) is 0.410. The van der Waals surface area contributed by atoms with Gasteiger partial charge in [-0.3, -0.25) is 0 Å². The van der Waals surface area contributed by atoms with Crippen molar-refractivity contribution >= 4 is 0 Å². The summed E-state index contributed by atoms with van der Waals surface area (Å²) in [6.45, 7) is 5.24. The summed E-state index contributed by atoms with van der Waals surface area (Å²) in [5.41, 5.74) is 0. The van der Waals surface area contributed by atoms with Crippen molar-refractivity contribution in [1.82, 2.24) is 5.32 Å². The van der Waals surface area contributed by atoms with Crippen LogP contribution in [0.3, 0.4) is 0 Å². The fourth-order valence-corrected chi connectivity index (χ4v) is 2.38. The first-order valence-electron chi connectivity index (χ1n) is 8.29. The van der Waals surface area contributed by atoms with E-state index in [-0.39, 0.29) is 0 Å². The molecule has 4 heteroatoms. The zero-order chi connectivity index (χ0) is 15.1. The minimum Gasteiger partial charge on any atom is -0.375 e. The molecular formula is C16H33F2NO. The summed E-state index contributed by atoms with van der Waals surface area (Å²) in [4.78, 5) is 0. The predicted molar refractivity (Wildman–Crippen MR) is 81.5 cm³/mol. The summed E-state index contributed by atoms with van der Waals surface area (Å²) in [6.07, 6.45) is 8.77. The Bertz CT molecular complexity index is 191. The maximum absolute atomic E-state index is 11.9. The summed E-state index contributed by atoms with van der Waals surface area (Å²) in [5, 5.41) is 3.41. The van der Waals surface area contributed by atoms with Gasteiger partial charge in [0.15, 0.2) is 0 Å². The zero-order valence-corrected chi connectivity index (χ0v) is 13.3. The Kier molecular flexibility index (Phi) is 15.0. The minimum absolute atomic E-state index is 0.410. The molecule has 0 saturated heterocycles. The van der Waals surface area contributed by atoms with Crippen LogP contribution in [0.15, 0.2) is 0 Å². The Balaban J connectivity index is 3.48. The molecule has 0 aliphatic heterocycles. The molecule has 0 spiro atoms. The van der Waals surface area contributed by atoms with E-state index in [1.807, 2.05) is 0 Å². The Morgan fingerprint density at radius 1 is 0.900 bits per heavy atom. The third-order valence-corrected chi connectivity index (χ3v) is 3.50. The summed E-state index contributed by atoms with van der Waals surface area (Å²) < 4.78 is 28.8. The average Bonchev–Trinajstić information content (AvgIpc) is 2.42. The molecule has 0 rings (SSSR count). The summed E-state index contributed by atoms with van der Waals surface area (Å²) in [5.74, 6) is 0. The predicted octanol–water partition coefficient (Wildman–Crippen LogP) is 4.78. The van der Waals surface area contributed by atoms with Crippen molar-refractivity contribution in [3.63, 3.8) is 0 Å². The zero-order valence-electron chi connectivity index (χ0n) is 13.3. The standard InChI is InChI=1S/C16H33F2NO/c1-3-5-6-7-8-9-10-11-15(19-4-2)12-13-20-14-16(17)18/h15-16,19H,3-14H2,1-2H3. The van der Waals surface area contributed by atoms with E-state index in [1.165, 1.54) is 44.9 Å². The van der Waals surface area contributed by atoms with Crippen LogP contribution in [0.5, 0.6) is 0 Å². The molecule has 1 atom stereocenters. The van der Waals surface area contributed by atoms with Gasteiger partial charge in [0.25, 0.3) is 6.43 Å². The number of ether oxygens (including phenoxy) is 1. The second kappa shape index (κ2) is 15.2. The Morgan fingerprint density at radius 3 is 2.15 bits per heavy atom. The number of alkyl halides is 2. The first kappa shape index (κ1) is 19.8. The lowest BCUT2D eigenvalue weighted by molar-refractivity contribution is 0.0142. The van der Waals surface area contributed by atoms with Gasteiger partial charge in [0, 0.05) is 12.6 Å². The van der Waals surface area contributed by atoms with Crippen LogP contribution in [0.2, 0.25) is 0 Å². The van der Waals surface area contributed by atoms with Crippen molar-refractivity contribution in [2.75, 3.05) is 19.8 Å². The van der Waals surface area contributed by atoms with E-state index in [0.717, 1.165) is 19.4 Å². The fraction of sp³-hybridized carbons (Fsp3) is 1.00. The molecule has 1 N–H and O–H groups in total. The highest BCUT2D eigenvalue weighted by Crippen LogP contribution is 2.11. The van der Waals surface area contributed by atoms with E-state index in [2.05, 4.69) is 19.2 Å². The first-order chi connectivity index (χ1) is 9.70. The van der Waals surface area contributed by atoms with Crippen LogP contribution >= 0.6 is 0 Å². The normalized spacial score (nSPS) is 13.1. The number of halogens is 2. The highest BCUT2D eigenvalue weighted by molar-refractivity contribution is 4.66. The summed E-state index contributed by atoms with van der Waals surface area (Å²) >= 11 is 0. The van der Waals surface area contributed by atoms with Crippen LogP contribution < -0.4 is 5.32 Å². The van der Waals surface area contributed by atoms with Crippen LogP contribution in [0, 0.1) is 0 Å². The van der Waals surface area contributed by atoms with Crippen molar-refractivity contribution in [3.05, 3.63) is 0 Å². The van der Waals surface area contributed by atoms with Crippen molar-refractivity contribution in [3.8, 4) is 0 Å². The number of rotatable bonds is 15. The average molecular weight is 293 g/mol. The Hall–Kier alpha value is -0.220. The van der Waals surface area contributed by atoms with Gasteiger partial charge in [0.2, 0.25) is 0 Å². The molecule has 0 saturated carbocycles. The van der Waals surface area contributed by atoms with Gasteiger partial charge in [-0.1, -0.05) is 58.8 Å².